The summed E-state index contributed by atoms with van der Waals surface area (Å²) in [5.41, 5.74) is 4.44. The summed E-state index contributed by atoms with van der Waals surface area (Å²) in [6.45, 7) is 0. The van der Waals surface area contributed by atoms with Gasteiger partial charge in [0, 0.05) is 12.1 Å². The summed E-state index contributed by atoms with van der Waals surface area (Å²) in [6, 6.07) is 0. The number of allylic oxidation sites excluding steroid dienone is 3. The summed E-state index contributed by atoms with van der Waals surface area (Å²) >= 11 is 0. The highest BCUT2D eigenvalue weighted by molar-refractivity contribution is 7.68. The third-order valence-electron chi connectivity index (χ3n) is 6.78. The van der Waals surface area contributed by atoms with Crippen LogP contribution in [0, 0.1) is 0 Å². The Kier molecular flexibility index (Phi) is 4.63. The number of hydrogen-bond donors (Lipinski definition) is 0. The Hall–Kier alpha value is -0.290. The van der Waals surface area contributed by atoms with Crippen molar-refractivity contribution in [2.24, 2.45) is 4.74 Å². The summed E-state index contributed by atoms with van der Waals surface area (Å²) in [5.74, 6) is 0. The average Bonchev–Trinajstić information content (AvgIpc) is 3.36. The average molecular weight is 317 g/mol. The molecule has 0 aromatic rings. The molecule has 4 aliphatic rings. The maximum absolute atomic E-state index is 5.76. The Morgan fingerprint density at radius 1 is 0.727 bits per heavy atom. The van der Waals surface area contributed by atoms with E-state index in [9.17, 15) is 0 Å². The van der Waals surface area contributed by atoms with Crippen molar-refractivity contribution in [2.45, 2.75) is 100 Å². The predicted octanol–water partition coefficient (Wildman–Crippen LogP) is 6.86. The van der Waals surface area contributed by atoms with Crippen LogP contribution in [0.5, 0.6) is 0 Å². The first-order chi connectivity index (χ1) is 10.9. The van der Waals surface area contributed by atoms with E-state index in [1.807, 2.05) is 0 Å². The van der Waals surface area contributed by atoms with E-state index in [0.29, 0.717) is 0 Å². The summed E-state index contributed by atoms with van der Waals surface area (Å²) < 4.78 is 5.76. The Bertz CT molecular complexity index is 450. The maximum Gasteiger partial charge on any atom is 0.0425 e. The van der Waals surface area contributed by atoms with Crippen LogP contribution in [0.1, 0.15) is 83.5 Å². The van der Waals surface area contributed by atoms with Crippen LogP contribution in [0.15, 0.2) is 28.7 Å². The molecular formula is C20H32NP. The van der Waals surface area contributed by atoms with Gasteiger partial charge in [0.2, 0.25) is 0 Å². The third kappa shape index (κ3) is 2.68. The van der Waals surface area contributed by atoms with Crippen molar-refractivity contribution in [2.75, 3.05) is 0 Å². The first kappa shape index (κ1) is 15.3. The summed E-state index contributed by atoms with van der Waals surface area (Å²) in [5, 5.41) is 0. The minimum Gasteiger partial charge on any atom is -0.271 e. The molecule has 0 saturated heterocycles. The monoisotopic (exact) mass is 317 g/mol. The van der Waals surface area contributed by atoms with Gasteiger partial charge in [0.25, 0.3) is 0 Å². The molecule has 1 nitrogen and oxygen atoms in total. The molecule has 0 bridgehead atoms. The number of hydrogen-bond acceptors (Lipinski definition) is 1. The van der Waals surface area contributed by atoms with E-state index in [-0.39, 0.29) is 0 Å². The molecule has 0 N–H and O–H groups in total. The summed E-state index contributed by atoms with van der Waals surface area (Å²) in [6.07, 6.45) is 25.9. The normalized spacial score (nSPS) is 27.9. The van der Waals surface area contributed by atoms with Crippen LogP contribution in [0.25, 0.3) is 0 Å². The van der Waals surface area contributed by atoms with Gasteiger partial charge in [0.15, 0.2) is 0 Å². The molecule has 0 atom stereocenters. The second-order valence-corrected chi connectivity index (χ2v) is 12.0. The lowest BCUT2D eigenvalue weighted by atomic mass is 10.3. The zero-order chi connectivity index (χ0) is 14.8. The van der Waals surface area contributed by atoms with E-state index in [4.69, 9.17) is 4.74 Å². The van der Waals surface area contributed by atoms with Crippen molar-refractivity contribution >= 4 is 7.05 Å². The highest BCUT2D eigenvalue weighted by Gasteiger charge is 2.46. The van der Waals surface area contributed by atoms with Crippen molar-refractivity contribution in [1.82, 2.24) is 0 Å². The Balaban J connectivity index is 1.78. The van der Waals surface area contributed by atoms with E-state index in [1.165, 1.54) is 82.7 Å². The van der Waals surface area contributed by atoms with E-state index in [1.54, 1.807) is 0 Å². The van der Waals surface area contributed by atoms with E-state index in [0.717, 1.165) is 23.4 Å². The summed E-state index contributed by atoms with van der Waals surface area (Å²) in [7, 11) is -1.17. The van der Waals surface area contributed by atoms with Gasteiger partial charge in [0.1, 0.15) is 0 Å². The van der Waals surface area contributed by atoms with Crippen LogP contribution in [-0.2, 0) is 0 Å². The molecule has 3 saturated carbocycles. The van der Waals surface area contributed by atoms with Gasteiger partial charge in [-0.25, -0.2) is 0 Å². The van der Waals surface area contributed by atoms with Gasteiger partial charge < -0.3 is 0 Å². The standard InChI is InChI=1S/C20H32NP/c1-2-10-17(9-1)21-22(18-11-3-4-12-18,19-13-5-6-14-19)20-15-7-8-16-20/h1-2,9,18-20H,3-8,10-16H2. The van der Waals surface area contributed by atoms with Gasteiger partial charge in [0.05, 0.1) is 0 Å². The molecule has 0 amide bonds. The molecule has 0 heterocycles. The van der Waals surface area contributed by atoms with Gasteiger partial charge in [-0.1, -0.05) is 50.7 Å². The molecule has 22 heavy (non-hydrogen) atoms. The van der Waals surface area contributed by atoms with Gasteiger partial charge >= 0.3 is 0 Å². The SMILES string of the molecule is C1=CCC(N=P(C2CCCC2)(C2CCCC2)C2CCCC2)=C1. The fraction of sp³-hybridized carbons (Fsp3) is 0.800. The molecule has 4 rings (SSSR count). The van der Waals surface area contributed by atoms with Gasteiger partial charge in [-0.2, -0.15) is 0 Å². The molecular weight excluding hydrogens is 285 g/mol. The number of nitrogens with zero attached hydrogens (tertiary/aromatic N) is 1. The van der Waals surface area contributed by atoms with Crippen LogP contribution in [-0.4, -0.2) is 17.0 Å². The van der Waals surface area contributed by atoms with Crippen LogP contribution in [0.3, 0.4) is 0 Å². The van der Waals surface area contributed by atoms with Crippen LogP contribution >= 0.6 is 7.05 Å². The fourth-order valence-electron chi connectivity index (χ4n) is 5.83. The fourth-order valence-corrected chi connectivity index (χ4v) is 12.3. The lowest BCUT2D eigenvalue weighted by Gasteiger charge is -2.41. The molecule has 0 aromatic heterocycles. The van der Waals surface area contributed by atoms with Crippen LogP contribution in [0.2, 0.25) is 0 Å². The zero-order valence-electron chi connectivity index (χ0n) is 14.1. The van der Waals surface area contributed by atoms with Crippen molar-refractivity contribution < 1.29 is 0 Å². The van der Waals surface area contributed by atoms with Crippen LogP contribution in [0.4, 0.5) is 0 Å². The van der Waals surface area contributed by atoms with Crippen LogP contribution < -0.4 is 0 Å². The second kappa shape index (κ2) is 6.68. The van der Waals surface area contributed by atoms with E-state index >= 15 is 0 Å². The van der Waals surface area contributed by atoms with Crippen molar-refractivity contribution in [3.05, 3.63) is 23.9 Å². The zero-order valence-corrected chi connectivity index (χ0v) is 14.9. The highest BCUT2D eigenvalue weighted by Crippen LogP contribution is 2.72. The molecule has 0 radical (unpaired) electrons. The highest BCUT2D eigenvalue weighted by atomic mass is 31.2. The topological polar surface area (TPSA) is 12.4 Å². The molecule has 2 heteroatoms. The Morgan fingerprint density at radius 3 is 1.55 bits per heavy atom. The smallest absolute Gasteiger partial charge is 0.0425 e. The largest absolute Gasteiger partial charge is 0.271 e. The second-order valence-electron chi connectivity index (χ2n) is 8.00. The predicted molar refractivity (Wildman–Crippen MR) is 98.0 cm³/mol. The first-order valence-electron chi connectivity index (χ1n) is 9.86. The lowest BCUT2D eigenvalue weighted by Crippen LogP contribution is -2.23. The molecule has 0 aromatic carbocycles. The third-order valence-corrected chi connectivity index (χ3v) is 12.4. The lowest BCUT2D eigenvalue weighted by molar-refractivity contribution is 0.759. The molecule has 4 aliphatic carbocycles. The minimum atomic E-state index is -1.17. The summed E-state index contributed by atoms with van der Waals surface area (Å²) in [4.78, 5) is 0. The Labute approximate surface area is 136 Å². The molecule has 0 unspecified atom stereocenters. The van der Waals surface area contributed by atoms with Gasteiger partial charge in [-0.3, -0.25) is 4.74 Å². The van der Waals surface area contributed by atoms with Gasteiger partial charge in [-0.05, 0) is 68.6 Å². The van der Waals surface area contributed by atoms with Crippen molar-refractivity contribution in [1.29, 1.82) is 0 Å². The quantitative estimate of drug-likeness (QED) is 0.502. The maximum atomic E-state index is 5.76. The number of rotatable bonds is 4. The van der Waals surface area contributed by atoms with Crippen molar-refractivity contribution in [3.63, 3.8) is 0 Å². The van der Waals surface area contributed by atoms with Gasteiger partial charge in [-0.15, -0.1) is 0 Å². The van der Waals surface area contributed by atoms with Crippen molar-refractivity contribution in [3.8, 4) is 0 Å². The molecule has 0 spiro atoms. The molecule has 122 valence electrons. The van der Waals surface area contributed by atoms with E-state index in [2.05, 4.69) is 18.2 Å². The molecule has 0 aliphatic heterocycles. The van der Waals surface area contributed by atoms with E-state index < -0.39 is 7.05 Å². The Morgan fingerprint density at radius 2 is 1.18 bits per heavy atom. The molecule has 3 fully saturated rings. The first-order valence-corrected chi connectivity index (χ1v) is 11.8. The minimum absolute atomic E-state index is 1.00.